The van der Waals surface area contributed by atoms with Crippen molar-refractivity contribution >= 4 is 21.8 Å². The largest absolute Gasteiger partial charge is 0.497 e. The molecule has 1 heterocycles. The lowest BCUT2D eigenvalue weighted by Crippen LogP contribution is -2.51. The van der Waals surface area contributed by atoms with Crippen molar-refractivity contribution in [3.05, 3.63) is 113 Å². The Hall–Kier alpha value is -4.56. The molecule has 0 saturated carbocycles. The second-order valence-electron chi connectivity index (χ2n) is 12.1. The number of oxazole rings is 1. The second kappa shape index (κ2) is 17.2. The van der Waals surface area contributed by atoms with Gasteiger partial charge in [-0.25, -0.2) is 13.4 Å². The first-order chi connectivity index (χ1) is 23.4. The number of hydrogen-bond donors (Lipinski definition) is 2. The van der Waals surface area contributed by atoms with Crippen LogP contribution in [-0.2, 0) is 34.3 Å². The van der Waals surface area contributed by atoms with Crippen molar-refractivity contribution in [3.8, 4) is 5.75 Å². The Kier molecular flexibility index (Phi) is 13.1. The number of nitrogens with one attached hydrogen (secondary N) is 1. The van der Waals surface area contributed by atoms with E-state index in [0.717, 1.165) is 5.56 Å². The molecule has 4 aromatic rings. The average molecular weight is 693 g/mol. The van der Waals surface area contributed by atoms with E-state index < -0.39 is 28.1 Å². The molecular formula is C36H44N4O8S. The fourth-order valence-electron chi connectivity index (χ4n) is 5.24. The molecule has 0 aliphatic carbocycles. The van der Waals surface area contributed by atoms with E-state index in [9.17, 15) is 23.1 Å². The maximum absolute atomic E-state index is 13.8. The molecule has 0 spiro atoms. The SMILES string of the molecule is COCc1coc(CN(C)C(=O)c2cccc(C(=O)N[C@@H](Cc3ccccc3)[C@H](O)CN(CC(C)C)S(=O)(=O)c3ccc(OC)cc3)c2)n1. The third-order valence-corrected chi connectivity index (χ3v) is 9.56. The normalized spacial score (nSPS) is 12.9. The van der Waals surface area contributed by atoms with Crippen LogP contribution in [0.2, 0.25) is 0 Å². The first kappa shape index (κ1) is 37.3. The quantitative estimate of drug-likeness (QED) is 0.166. The number of aliphatic hydroxyl groups excluding tert-OH is 1. The van der Waals surface area contributed by atoms with Gasteiger partial charge >= 0.3 is 0 Å². The van der Waals surface area contributed by atoms with Crippen molar-refractivity contribution in [2.24, 2.45) is 5.92 Å². The number of nitrogens with zero attached hydrogens (tertiary/aromatic N) is 3. The summed E-state index contributed by atoms with van der Waals surface area (Å²) in [6.45, 7) is 4.06. The Morgan fingerprint density at radius 2 is 1.65 bits per heavy atom. The average Bonchev–Trinajstić information content (AvgIpc) is 3.54. The summed E-state index contributed by atoms with van der Waals surface area (Å²) < 4.78 is 44.4. The fourth-order valence-corrected chi connectivity index (χ4v) is 6.86. The number of amides is 2. The number of aromatic nitrogens is 1. The molecule has 2 atom stereocenters. The summed E-state index contributed by atoms with van der Waals surface area (Å²) in [5.74, 6) is -0.0620. The van der Waals surface area contributed by atoms with E-state index >= 15 is 0 Å². The zero-order chi connectivity index (χ0) is 35.6. The Balaban J connectivity index is 1.54. The first-order valence-corrected chi connectivity index (χ1v) is 17.3. The van der Waals surface area contributed by atoms with Crippen molar-refractivity contribution in [2.75, 3.05) is 34.4 Å². The van der Waals surface area contributed by atoms with Gasteiger partial charge in [0.2, 0.25) is 15.9 Å². The van der Waals surface area contributed by atoms with Gasteiger partial charge in [-0.05, 0) is 60.4 Å². The number of carbonyl (C=O) groups excluding carboxylic acids is 2. The van der Waals surface area contributed by atoms with Gasteiger partial charge < -0.3 is 29.2 Å². The zero-order valence-corrected chi connectivity index (χ0v) is 29.2. The molecule has 0 unspecified atom stereocenters. The van der Waals surface area contributed by atoms with Gasteiger partial charge in [-0.3, -0.25) is 9.59 Å². The van der Waals surface area contributed by atoms with Crippen LogP contribution in [0.25, 0.3) is 0 Å². The molecule has 3 aromatic carbocycles. The van der Waals surface area contributed by atoms with Gasteiger partial charge in [-0.15, -0.1) is 0 Å². The molecule has 0 aliphatic heterocycles. The van der Waals surface area contributed by atoms with Crippen LogP contribution in [0.1, 0.15) is 51.7 Å². The summed E-state index contributed by atoms with van der Waals surface area (Å²) in [5, 5.41) is 14.5. The predicted molar refractivity (Wildman–Crippen MR) is 183 cm³/mol. The summed E-state index contributed by atoms with van der Waals surface area (Å²) in [6, 6.07) is 20.7. The second-order valence-corrected chi connectivity index (χ2v) is 14.1. The van der Waals surface area contributed by atoms with Crippen LogP contribution in [0.15, 0.2) is 94.4 Å². The van der Waals surface area contributed by atoms with Crippen LogP contribution in [0.4, 0.5) is 0 Å². The van der Waals surface area contributed by atoms with E-state index in [4.69, 9.17) is 13.9 Å². The van der Waals surface area contributed by atoms with Gasteiger partial charge in [-0.2, -0.15) is 4.31 Å². The minimum Gasteiger partial charge on any atom is -0.497 e. The molecule has 2 amide bonds. The topological polar surface area (TPSA) is 152 Å². The highest BCUT2D eigenvalue weighted by Crippen LogP contribution is 2.22. The highest BCUT2D eigenvalue weighted by molar-refractivity contribution is 7.89. The molecule has 49 heavy (non-hydrogen) atoms. The molecule has 262 valence electrons. The highest BCUT2D eigenvalue weighted by atomic mass is 32.2. The highest BCUT2D eigenvalue weighted by Gasteiger charge is 2.32. The number of carbonyl (C=O) groups is 2. The maximum Gasteiger partial charge on any atom is 0.254 e. The van der Waals surface area contributed by atoms with Crippen LogP contribution in [0.5, 0.6) is 5.75 Å². The van der Waals surface area contributed by atoms with Crippen molar-refractivity contribution in [2.45, 2.75) is 50.5 Å². The number of methoxy groups -OCH3 is 2. The summed E-state index contributed by atoms with van der Waals surface area (Å²) in [4.78, 5) is 32.7. The van der Waals surface area contributed by atoms with Crippen molar-refractivity contribution < 1.29 is 37.0 Å². The molecule has 0 fully saturated rings. The number of benzene rings is 3. The Morgan fingerprint density at radius 3 is 2.31 bits per heavy atom. The van der Waals surface area contributed by atoms with Crippen molar-refractivity contribution in [1.29, 1.82) is 0 Å². The lowest BCUT2D eigenvalue weighted by atomic mass is 10.00. The fraction of sp³-hybridized carbons (Fsp3) is 0.361. The third-order valence-electron chi connectivity index (χ3n) is 7.72. The molecule has 0 bridgehead atoms. The van der Waals surface area contributed by atoms with E-state index in [0.29, 0.717) is 17.3 Å². The van der Waals surface area contributed by atoms with Gasteiger partial charge in [0.1, 0.15) is 17.7 Å². The van der Waals surface area contributed by atoms with Crippen LogP contribution in [0, 0.1) is 5.92 Å². The number of rotatable bonds is 17. The molecule has 13 heteroatoms. The van der Waals surface area contributed by atoms with Crippen LogP contribution in [0.3, 0.4) is 0 Å². The summed E-state index contributed by atoms with van der Waals surface area (Å²) in [7, 11) is 0.644. The third kappa shape index (κ3) is 10.2. The molecule has 2 N–H and O–H groups in total. The van der Waals surface area contributed by atoms with Crippen LogP contribution >= 0.6 is 0 Å². The Labute approximate surface area is 287 Å². The van der Waals surface area contributed by atoms with Gasteiger partial charge in [0, 0.05) is 38.4 Å². The van der Waals surface area contributed by atoms with E-state index in [1.165, 1.54) is 40.8 Å². The number of sulfonamides is 1. The minimum absolute atomic E-state index is 0.0447. The lowest BCUT2D eigenvalue weighted by molar-refractivity contribution is 0.0771. The smallest absolute Gasteiger partial charge is 0.254 e. The van der Waals surface area contributed by atoms with Gasteiger partial charge in [0.05, 0.1) is 37.3 Å². The van der Waals surface area contributed by atoms with Gasteiger partial charge in [0.15, 0.2) is 0 Å². The van der Waals surface area contributed by atoms with Crippen LogP contribution in [-0.4, -0.2) is 86.0 Å². The lowest BCUT2D eigenvalue weighted by Gasteiger charge is -2.31. The van der Waals surface area contributed by atoms with E-state index in [2.05, 4.69) is 10.3 Å². The summed E-state index contributed by atoms with van der Waals surface area (Å²) >= 11 is 0. The Morgan fingerprint density at radius 1 is 0.959 bits per heavy atom. The monoisotopic (exact) mass is 692 g/mol. The van der Waals surface area contributed by atoms with E-state index in [1.807, 2.05) is 44.2 Å². The van der Waals surface area contributed by atoms with Crippen molar-refractivity contribution in [1.82, 2.24) is 19.5 Å². The van der Waals surface area contributed by atoms with Gasteiger partial charge in [-0.1, -0.05) is 50.2 Å². The minimum atomic E-state index is -4.01. The van der Waals surface area contributed by atoms with E-state index in [1.54, 1.807) is 44.5 Å². The molecule has 4 rings (SSSR count). The number of ether oxygens (including phenoxy) is 2. The van der Waals surface area contributed by atoms with Crippen LogP contribution < -0.4 is 10.1 Å². The maximum atomic E-state index is 13.8. The van der Waals surface area contributed by atoms with Crippen molar-refractivity contribution in [3.63, 3.8) is 0 Å². The molecule has 0 radical (unpaired) electrons. The number of aliphatic hydroxyl groups is 1. The zero-order valence-electron chi connectivity index (χ0n) is 28.4. The van der Waals surface area contributed by atoms with Gasteiger partial charge in [0.25, 0.3) is 11.8 Å². The molecule has 0 saturated heterocycles. The molecule has 0 aliphatic rings. The molecule has 1 aromatic heterocycles. The molecular weight excluding hydrogens is 648 g/mol. The first-order valence-electron chi connectivity index (χ1n) is 15.9. The number of hydrogen-bond acceptors (Lipinski definition) is 9. The predicted octanol–water partition coefficient (Wildman–Crippen LogP) is 4.15. The molecule has 12 nitrogen and oxygen atoms in total. The standard InChI is InChI=1S/C36H44N4O8S/c1-25(2)20-40(49(44,45)31-16-14-30(47-5)15-17-31)21-33(41)32(18-26-10-7-6-8-11-26)38-35(42)27-12-9-13-28(19-27)36(43)39(3)22-34-37-29(23-46-4)24-48-34/h6-17,19,24-25,32-33,41H,18,20-23H2,1-5H3,(H,38,42)/t32-,33+/m0/s1. The summed E-state index contributed by atoms with van der Waals surface area (Å²) in [5.41, 5.74) is 1.92. The Bertz CT molecular complexity index is 1780. The summed E-state index contributed by atoms with van der Waals surface area (Å²) in [6.07, 6.45) is 0.420. The van der Waals surface area contributed by atoms with E-state index in [-0.39, 0.29) is 60.5 Å².